The van der Waals surface area contributed by atoms with Crippen LogP contribution in [0, 0.1) is 12.8 Å². The fourth-order valence-corrected chi connectivity index (χ4v) is 3.66. The molecule has 0 radical (unpaired) electrons. The summed E-state index contributed by atoms with van der Waals surface area (Å²) in [5, 5.41) is 0. The van der Waals surface area contributed by atoms with Gasteiger partial charge in [0.1, 0.15) is 10.4 Å². The number of fused-ring (bicyclic) bond motifs is 1. The Morgan fingerprint density at radius 1 is 1.32 bits per heavy atom. The summed E-state index contributed by atoms with van der Waals surface area (Å²) in [6, 6.07) is 10.8. The number of hydrogen-bond acceptors (Lipinski definition) is 1. The van der Waals surface area contributed by atoms with E-state index in [2.05, 4.69) is 62.7 Å². The van der Waals surface area contributed by atoms with Gasteiger partial charge in [-0.25, -0.2) is 4.98 Å². The zero-order valence-corrected chi connectivity index (χ0v) is 12.9. The van der Waals surface area contributed by atoms with Crippen molar-refractivity contribution in [2.45, 2.75) is 39.2 Å². The predicted molar refractivity (Wildman–Crippen MR) is 81.2 cm³/mol. The van der Waals surface area contributed by atoms with Crippen LogP contribution in [0.25, 0.3) is 0 Å². The largest absolute Gasteiger partial charge is 0.331 e. The van der Waals surface area contributed by atoms with Gasteiger partial charge in [-0.05, 0) is 60.0 Å². The first-order chi connectivity index (χ1) is 9.24. The lowest BCUT2D eigenvalue weighted by Gasteiger charge is -2.25. The SMILES string of the molecule is Cc1nc(Br)c2n1CC(CCc1ccccc1)CC2. The van der Waals surface area contributed by atoms with Crippen LogP contribution >= 0.6 is 15.9 Å². The second-order valence-corrected chi connectivity index (χ2v) is 6.19. The molecule has 1 aliphatic heterocycles. The number of hydrogen-bond donors (Lipinski definition) is 0. The highest BCUT2D eigenvalue weighted by Crippen LogP contribution is 2.29. The average Bonchev–Trinajstić information content (AvgIpc) is 2.73. The summed E-state index contributed by atoms with van der Waals surface area (Å²) < 4.78 is 3.44. The minimum absolute atomic E-state index is 0.785. The van der Waals surface area contributed by atoms with Gasteiger partial charge in [0.05, 0.1) is 5.69 Å². The minimum atomic E-state index is 0.785. The molecule has 3 rings (SSSR count). The first-order valence-electron chi connectivity index (χ1n) is 6.99. The lowest BCUT2D eigenvalue weighted by atomic mass is 9.92. The van der Waals surface area contributed by atoms with Crippen molar-refractivity contribution in [3.8, 4) is 0 Å². The quantitative estimate of drug-likeness (QED) is 0.831. The fraction of sp³-hybridized carbons (Fsp3) is 0.438. The van der Waals surface area contributed by atoms with Crippen molar-refractivity contribution < 1.29 is 0 Å². The van der Waals surface area contributed by atoms with Gasteiger partial charge in [-0.1, -0.05) is 30.3 Å². The average molecular weight is 319 g/mol. The number of halogens is 1. The fourth-order valence-electron chi connectivity index (χ4n) is 3.00. The lowest BCUT2D eigenvalue weighted by molar-refractivity contribution is 0.344. The molecule has 0 bridgehead atoms. The molecule has 0 saturated heterocycles. The van der Waals surface area contributed by atoms with Gasteiger partial charge in [-0.3, -0.25) is 0 Å². The maximum atomic E-state index is 4.53. The van der Waals surface area contributed by atoms with Crippen molar-refractivity contribution in [1.82, 2.24) is 9.55 Å². The molecule has 0 spiro atoms. The molecule has 1 aliphatic rings. The van der Waals surface area contributed by atoms with Crippen molar-refractivity contribution in [2.75, 3.05) is 0 Å². The van der Waals surface area contributed by atoms with Crippen LogP contribution in [0.1, 0.15) is 29.9 Å². The topological polar surface area (TPSA) is 17.8 Å². The number of aromatic nitrogens is 2. The van der Waals surface area contributed by atoms with Gasteiger partial charge in [-0.15, -0.1) is 0 Å². The number of imidazole rings is 1. The van der Waals surface area contributed by atoms with Crippen molar-refractivity contribution >= 4 is 15.9 Å². The molecule has 19 heavy (non-hydrogen) atoms. The number of aryl methyl sites for hydroxylation is 2. The van der Waals surface area contributed by atoms with Gasteiger partial charge in [-0.2, -0.15) is 0 Å². The molecule has 0 amide bonds. The van der Waals surface area contributed by atoms with Gasteiger partial charge < -0.3 is 4.57 Å². The molecule has 2 nitrogen and oxygen atoms in total. The third-order valence-corrected chi connectivity index (χ3v) is 4.76. The number of nitrogens with zero attached hydrogens (tertiary/aromatic N) is 2. The standard InChI is InChI=1S/C16H19BrN2/c1-12-18-16(17)15-10-9-14(11-19(12)15)8-7-13-5-3-2-4-6-13/h2-6,14H,7-11H2,1H3. The molecule has 1 aromatic heterocycles. The Morgan fingerprint density at radius 2 is 2.11 bits per heavy atom. The molecular formula is C16H19BrN2. The Bertz CT molecular complexity index is 560. The van der Waals surface area contributed by atoms with Crippen LogP contribution in [0.4, 0.5) is 0 Å². The van der Waals surface area contributed by atoms with Crippen LogP contribution in [-0.4, -0.2) is 9.55 Å². The Balaban J connectivity index is 1.64. The highest BCUT2D eigenvalue weighted by atomic mass is 79.9. The molecule has 100 valence electrons. The summed E-state index contributed by atoms with van der Waals surface area (Å²) in [5.41, 5.74) is 2.84. The lowest BCUT2D eigenvalue weighted by Crippen LogP contribution is -2.21. The Kier molecular flexibility index (Phi) is 3.74. The third-order valence-electron chi connectivity index (χ3n) is 4.13. The highest BCUT2D eigenvalue weighted by molar-refractivity contribution is 9.10. The Labute approximate surface area is 123 Å². The van der Waals surface area contributed by atoms with Crippen molar-refractivity contribution in [3.63, 3.8) is 0 Å². The first kappa shape index (κ1) is 12.9. The highest BCUT2D eigenvalue weighted by Gasteiger charge is 2.22. The van der Waals surface area contributed by atoms with Crippen molar-refractivity contribution in [2.24, 2.45) is 5.92 Å². The minimum Gasteiger partial charge on any atom is -0.331 e. The van der Waals surface area contributed by atoms with Crippen LogP contribution in [0.3, 0.4) is 0 Å². The third kappa shape index (κ3) is 2.76. The maximum Gasteiger partial charge on any atom is 0.127 e. The van der Waals surface area contributed by atoms with Crippen molar-refractivity contribution in [3.05, 3.63) is 52.0 Å². The van der Waals surface area contributed by atoms with Crippen LogP contribution in [0.5, 0.6) is 0 Å². The molecular weight excluding hydrogens is 300 g/mol. The van der Waals surface area contributed by atoms with E-state index in [4.69, 9.17) is 0 Å². The van der Waals surface area contributed by atoms with Crippen molar-refractivity contribution in [1.29, 1.82) is 0 Å². The van der Waals surface area contributed by atoms with E-state index in [0.29, 0.717) is 0 Å². The van der Waals surface area contributed by atoms with E-state index in [9.17, 15) is 0 Å². The summed E-state index contributed by atoms with van der Waals surface area (Å²) in [6.45, 7) is 3.24. The number of rotatable bonds is 3. The monoisotopic (exact) mass is 318 g/mol. The molecule has 0 aliphatic carbocycles. The van der Waals surface area contributed by atoms with E-state index in [1.807, 2.05) is 0 Å². The Morgan fingerprint density at radius 3 is 2.89 bits per heavy atom. The van der Waals surface area contributed by atoms with E-state index in [1.165, 1.54) is 30.5 Å². The molecule has 3 heteroatoms. The van der Waals surface area contributed by atoms with Gasteiger partial charge in [0.25, 0.3) is 0 Å². The van der Waals surface area contributed by atoms with E-state index >= 15 is 0 Å². The predicted octanol–water partition coefficient (Wildman–Crippen LogP) is 4.15. The summed E-state index contributed by atoms with van der Waals surface area (Å²) in [7, 11) is 0. The summed E-state index contributed by atoms with van der Waals surface area (Å²) in [5.74, 6) is 1.93. The summed E-state index contributed by atoms with van der Waals surface area (Å²) in [4.78, 5) is 4.53. The van der Waals surface area contributed by atoms with Crippen LogP contribution in [0.15, 0.2) is 34.9 Å². The van der Waals surface area contributed by atoms with E-state index in [-0.39, 0.29) is 0 Å². The molecule has 1 aromatic carbocycles. The van der Waals surface area contributed by atoms with Gasteiger partial charge >= 0.3 is 0 Å². The molecule has 0 N–H and O–H groups in total. The second-order valence-electron chi connectivity index (χ2n) is 5.44. The molecule has 2 aromatic rings. The Hall–Kier alpha value is -1.09. The van der Waals surface area contributed by atoms with Gasteiger partial charge in [0.2, 0.25) is 0 Å². The van der Waals surface area contributed by atoms with Crippen LogP contribution in [-0.2, 0) is 19.4 Å². The first-order valence-corrected chi connectivity index (χ1v) is 7.79. The second kappa shape index (κ2) is 5.49. The molecule has 2 heterocycles. The zero-order chi connectivity index (χ0) is 13.2. The van der Waals surface area contributed by atoms with Gasteiger partial charge in [0.15, 0.2) is 0 Å². The van der Waals surface area contributed by atoms with Crippen LogP contribution in [0.2, 0.25) is 0 Å². The van der Waals surface area contributed by atoms with Crippen LogP contribution < -0.4 is 0 Å². The number of benzene rings is 1. The summed E-state index contributed by atoms with van der Waals surface area (Å²) in [6.07, 6.45) is 4.91. The molecule has 0 fully saturated rings. The maximum absolute atomic E-state index is 4.53. The van der Waals surface area contributed by atoms with E-state index in [0.717, 1.165) is 29.3 Å². The zero-order valence-electron chi connectivity index (χ0n) is 11.3. The smallest absolute Gasteiger partial charge is 0.127 e. The molecule has 1 atom stereocenters. The van der Waals surface area contributed by atoms with E-state index < -0.39 is 0 Å². The molecule has 0 saturated carbocycles. The van der Waals surface area contributed by atoms with Gasteiger partial charge in [0, 0.05) is 6.54 Å². The van der Waals surface area contributed by atoms with E-state index in [1.54, 1.807) is 0 Å². The molecule has 1 unspecified atom stereocenters. The summed E-state index contributed by atoms with van der Waals surface area (Å²) >= 11 is 3.57. The normalized spacial score (nSPS) is 18.3.